The normalized spacial score (nSPS) is 15.3. The van der Waals surface area contributed by atoms with Crippen molar-refractivity contribution < 1.29 is 13.2 Å². The Balaban J connectivity index is 1.62. The molecular formula is C20H25N3O3S2. The lowest BCUT2D eigenvalue weighted by atomic mass is 10.2. The molecule has 1 fully saturated rings. The third-order valence-corrected chi connectivity index (χ3v) is 7.50. The van der Waals surface area contributed by atoms with Gasteiger partial charge in [0, 0.05) is 31.5 Å². The average molecular weight is 420 g/mol. The number of rotatable bonds is 7. The molecule has 150 valence electrons. The fraction of sp³-hybridized carbons (Fsp3) is 0.400. The van der Waals surface area contributed by atoms with Crippen LogP contribution in [0.5, 0.6) is 0 Å². The van der Waals surface area contributed by atoms with E-state index in [1.807, 2.05) is 37.3 Å². The van der Waals surface area contributed by atoms with Crippen LogP contribution in [0.3, 0.4) is 0 Å². The molecule has 2 aromatic rings. The van der Waals surface area contributed by atoms with E-state index in [2.05, 4.69) is 4.98 Å². The Morgan fingerprint density at radius 1 is 1.11 bits per heavy atom. The smallest absolute Gasteiger partial charge is 0.244 e. The van der Waals surface area contributed by atoms with Gasteiger partial charge in [0.2, 0.25) is 15.9 Å². The van der Waals surface area contributed by atoms with Crippen molar-refractivity contribution >= 4 is 33.4 Å². The number of hydrogen-bond donors (Lipinski definition) is 0. The van der Waals surface area contributed by atoms with Crippen molar-refractivity contribution in [2.75, 3.05) is 30.3 Å². The summed E-state index contributed by atoms with van der Waals surface area (Å²) in [6, 6.07) is 12.8. The topological polar surface area (TPSA) is 70.6 Å². The van der Waals surface area contributed by atoms with Gasteiger partial charge in [-0.25, -0.2) is 13.4 Å². The van der Waals surface area contributed by atoms with E-state index < -0.39 is 10.0 Å². The van der Waals surface area contributed by atoms with Gasteiger partial charge in [-0.1, -0.05) is 36.4 Å². The highest BCUT2D eigenvalue weighted by Gasteiger charge is 2.26. The summed E-state index contributed by atoms with van der Waals surface area (Å²) in [5.41, 5.74) is 0.867. The highest BCUT2D eigenvalue weighted by molar-refractivity contribution is 7.99. The van der Waals surface area contributed by atoms with E-state index in [1.54, 1.807) is 17.0 Å². The number of benzene rings is 1. The number of hydrogen-bond acceptors (Lipinski definition) is 5. The molecule has 0 aliphatic carbocycles. The van der Waals surface area contributed by atoms with E-state index >= 15 is 0 Å². The monoisotopic (exact) mass is 419 g/mol. The highest BCUT2D eigenvalue weighted by Crippen LogP contribution is 2.23. The fourth-order valence-corrected chi connectivity index (χ4v) is 5.37. The largest absolute Gasteiger partial charge is 0.312 e. The summed E-state index contributed by atoms with van der Waals surface area (Å²) in [5.74, 6) is 0.235. The Labute approximate surface area is 171 Å². The number of anilines is 1. The number of para-hydroxylation sites is 1. The summed E-state index contributed by atoms with van der Waals surface area (Å²) in [5, 5.41) is 0.634. The first-order chi connectivity index (χ1) is 13.5. The molecular weight excluding hydrogens is 394 g/mol. The molecule has 1 amide bonds. The van der Waals surface area contributed by atoms with Gasteiger partial charge in [0.25, 0.3) is 0 Å². The quantitative estimate of drug-likeness (QED) is 0.643. The lowest BCUT2D eigenvalue weighted by Crippen LogP contribution is -2.35. The molecule has 0 unspecified atom stereocenters. The standard InChI is InChI=1S/C20H25N3O3S2/c1-2-23(17-9-5-3-6-10-17)20(24)16-27-19-12-11-18(15-21-19)28(25,26)22-13-7-4-8-14-22/h3,5-6,9-12,15H,2,4,7-8,13-14,16H2,1H3. The number of carbonyl (C=O) groups excluding carboxylic acids is 1. The van der Waals surface area contributed by atoms with Crippen molar-refractivity contribution in [1.82, 2.24) is 9.29 Å². The second kappa shape index (κ2) is 9.54. The maximum Gasteiger partial charge on any atom is 0.244 e. The van der Waals surface area contributed by atoms with Crippen LogP contribution >= 0.6 is 11.8 Å². The molecule has 1 aliphatic rings. The van der Waals surface area contributed by atoms with Gasteiger partial charge in [-0.15, -0.1) is 0 Å². The van der Waals surface area contributed by atoms with E-state index in [0.717, 1.165) is 24.9 Å². The molecule has 0 spiro atoms. The van der Waals surface area contributed by atoms with E-state index in [4.69, 9.17) is 0 Å². The van der Waals surface area contributed by atoms with Crippen LogP contribution in [0.25, 0.3) is 0 Å². The SMILES string of the molecule is CCN(C(=O)CSc1ccc(S(=O)(=O)N2CCCCC2)cn1)c1ccccc1. The molecule has 8 heteroatoms. The molecule has 3 rings (SSSR count). The molecule has 0 saturated carbocycles. The number of carbonyl (C=O) groups is 1. The number of piperidine rings is 1. The van der Waals surface area contributed by atoms with Gasteiger partial charge >= 0.3 is 0 Å². The Hall–Kier alpha value is -1.90. The maximum atomic E-state index is 12.7. The van der Waals surface area contributed by atoms with Gasteiger partial charge < -0.3 is 4.90 Å². The van der Waals surface area contributed by atoms with Crippen molar-refractivity contribution in [2.24, 2.45) is 0 Å². The zero-order valence-corrected chi connectivity index (χ0v) is 17.6. The van der Waals surface area contributed by atoms with Crippen LogP contribution in [-0.4, -0.2) is 49.0 Å². The average Bonchev–Trinajstić information content (AvgIpc) is 2.74. The van der Waals surface area contributed by atoms with Crippen LogP contribution < -0.4 is 4.90 Å². The van der Waals surface area contributed by atoms with Crippen molar-refractivity contribution in [3.8, 4) is 0 Å². The summed E-state index contributed by atoms with van der Waals surface area (Å²) in [6.45, 7) is 3.66. The number of nitrogens with zero attached hydrogens (tertiary/aromatic N) is 3. The van der Waals surface area contributed by atoms with E-state index in [1.165, 1.54) is 22.3 Å². The Kier molecular flexibility index (Phi) is 7.09. The summed E-state index contributed by atoms with van der Waals surface area (Å²) in [7, 11) is -3.48. The van der Waals surface area contributed by atoms with Crippen molar-refractivity contribution in [1.29, 1.82) is 0 Å². The molecule has 1 saturated heterocycles. The third-order valence-electron chi connectivity index (χ3n) is 4.69. The van der Waals surface area contributed by atoms with Gasteiger partial charge in [-0.3, -0.25) is 4.79 Å². The van der Waals surface area contributed by atoms with Gasteiger partial charge in [-0.2, -0.15) is 4.31 Å². The van der Waals surface area contributed by atoms with Crippen LogP contribution in [0.4, 0.5) is 5.69 Å². The zero-order valence-electron chi connectivity index (χ0n) is 16.0. The molecule has 28 heavy (non-hydrogen) atoms. The summed E-state index contributed by atoms with van der Waals surface area (Å²) >= 11 is 1.31. The number of pyridine rings is 1. The first-order valence-corrected chi connectivity index (χ1v) is 11.9. The Morgan fingerprint density at radius 2 is 1.82 bits per heavy atom. The van der Waals surface area contributed by atoms with Crippen LogP contribution in [0, 0.1) is 0 Å². The minimum atomic E-state index is -3.48. The predicted octanol–water partition coefficient (Wildman–Crippen LogP) is 3.40. The van der Waals surface area contributed by atoms with Crippen LogP contribution in [0.15, 0.2) is 58.6 Å². The lowest BCUT2D eigenvalue weighted by molar-refractivity contribution is -0.116. The van der Waals surface area contributed by atoms with E-state index in [-0.39, 0.29) is 16.6 Å². The molecule has 1 aliphatic heterocycles. The van der Waals surface area contributed by atoms with Gasteiger partial charge in [0.1, 0.15) is 4.90 Å². The van der Waals surface area contributed by atoms with Gasteiger partial charge in [0.15, 0.2) is 0 Å². The zero-order chi connectivity index (χ0) is 20.0. The second-order valence-electron chi connectivity index (χ2n) is 6.56. The van der Waals surface area contributed by atoms with Crippen LogP contribution in [0.2, 0.25) is 0 Å². The van der Waals surface area contributed by atoms with E-state index in [9.17, 15) is 13.2 Å². The minimum absolute atomic E-state index is 0.00878. The molecule has 6 nitrogen and oxygen atoms in total. The maximum absolute atomic E-state index is 12.7. The van der Waals surface area contributed by atoms with Crippen molar-refractivity contribution in [2.45, 2.75) is 36.1 Å². The predicted molar refractivity (Wildman–Crippen MR) is 112 cm³/mol. The second-order valence-corrected chi connectivity index (χ2v) is 9.49. The molecule has 0 atom stereocenters. The number of sulfonamides is 1. The number of aromatic nitrogens is 1. The van der Waals surface area contributed by atoms with Crippen LogP contribution in [-0.2, 0) is 14.8 Å². The van der Waals surface area contributed by atoms with Crippen LogP contribution in [0.1, 0.15) is 26.2 Å². The highest BCUT2D eigenvalue weighted by atomic mass is 32.2. The summed E-state index contributed by atoms with van der Waals surface area (Å²) in [6.07, 6.45) is 4.27. The number of thioether (sulfide) groups is 1. The molecule has 0 radical (unpaired) electrons. The third kappa shape index (κ3) is 4.92. The van der Waals surface area contributed by atoms with Gasteiger partial charge in [-0.05, 0) is 44.0 Å². The summed E-state index contributed by atoms with van der Waals surface area (Å²) < 4.78 is 26.9. The summed E-state index contributed by atoms with van der Waals surface area (Å²) in [4.78, 5) is 18.7. The molecule has 2 heterocycles. The minimum Gasteiger partial charge on any atom is -0.312 e. The van der Waals surface area contributed by atoms with Crippen molar-refractivity contribution in [3.63, 3.8) is 0 Å². The molecule has 0 bridgehead atoms. The first kappa shape index (κ1) is 20.8. The van der Waals surface area contributed by atoms with E-state index in [0.29, 0.717) is 24.7 Å². The first-order valence-electron chi connectivity index (χ1n) is 9.47. The molecule has 0 N–H and O–H groups in total. The Bertz CT molecular complexity index is 881. The fourth-order valence-electron chi connectivity index (χ4n) is 3.18. The van der Waals surface area contributed by atoms with Crippen molar-refractivity contribution in [3.05, 3.63) is 48.7 Å². The lowest BCUT2D eigenvalue weighted by Gasteiger charge is -2.25. The number of amides is 1. The Morgan fingerprint density at radius 3 is 2.43 bits per heavy atom. The molecule has 1 aromatic carbocycles. The van der Waals surface area contributed by atoms with Gasteiger partial charge in [0.05, 0.1) is 10.8 Å². The molecule has 1 aromatic heterocycles.